The normalized spacial score (nSPS) is 14.6. The van der Waals surface area contributed by atoms with E-state index in [1.54, 1.807) is 13.3 Å². The largest absolute Gasteiger partial charge is 0.444 e. The molecular formula is C24H35N3O3. The van der Waals surface area contributed by atoms with Gasteiger partial charge in [0.15, 0.2) is 0 Å². The lowest BCUT2D eigenvalue weighted by Gasteiger charge is -2.33. The number of amides is 1. The van der Waals surface area contributed by atoms with Gasteiger partial charge in [0.25, 0.3) is 0 Å². The van der Waals surface area contributed by atoms with Crippen molar-refractivity contribution in [3.8, 4) is 0 Å². The number of aromatic nitrogens is 1. The van der Waals surface area contributed by atoms with Gasteiger partial charge in [-0.05, 0) is 57.2 Å². The third kappa shape index (κ3) is 8.13. The van der Waals surface area contributed by atoms with Crippen molar-refractivity contribution < 1.29 is 14.3 Å². The van der Waals surface area contributed by atoms with Crippen LogP contribution in [0.15, 0.2) is 54.9 Å². The highest BCUT2D eigenvalue weighted by Crippen LogP contribution is 2.21. The zero-order valence-electron chi connectivity index (χ0n) is 18.8. The van der Waals surface area contributed by atoms with Crippen LogP contribution in [0.2, 0.25) is 0 Å². The quantitative estimate of drug-likeness (QED) is 0.618. The van der Waals surface area contributed by atoms with Gasteiger partial charge in [0, 0.05) is 32.6 Å². The maximum absolute atomic E-state index is 12.2. The number of rotatable bonds is 10. The second-order valence-corrected chi connectivity index (χ2v) is 8.83. The molecule has 6 heteroatoms. The highest BCUT2D eigenvalue weighted by Gasteiger charge is 2.27. The van der Waals surface area contributed by atoms with Crippen LogP contribution in [0.1, 0.15) is 38.8 Å². The minimum absolute atomic E-state index is 0.154. The van der Waals surface area contributed by atoms with E-state index in [0.29, 0.717) is 19.7 Å². The topological polar surface area (TPSA) is 72.5 Å². The highest BCUT2D eigenvalue weighted by atomic mass is 16.6. The first kappa shape index (κ1) is 23.8. The lowest BCUT2D eigenvalue weighted by molar-refractivity contribution is 0.0517. The first-order valence-corrected chi connectivity index (χ1v) is 10.4. The van der Waals surface area contributed by atoms with Crippen molar-refractivity contribution in [2.45, 2.75) is 45.3 Å². The molecule has 0 saturated carbocycles. The predicted octanol–water partition coefficient (Wildman–Crippen LogP) is 3.92. The number of carbonyl (C=O) groups excluding carboxylic acids is 1. The summed E-state index contributed by atoms with van der Waals surface area (Å²) in [6.07, 6.45) is 4.02. The van der Waals surface area contributed by atoms with E-state index in [1.807, 2.05) is 51.2 Å². The van der Waals surface area contributed by atoms with Crippen molar-refractivity contribution in [2.24, 2.45) is 5.92 Å². The Bertz CT molecular complexity index is 762. The number of ether oxygens (including phenoxy) is 2. The second kappa shape index (κ2) is 11.1. The van der Waals surface area contributed by atoms with Crippen LogP contribution in [0.3, 0.4) is 0 Å². The van der Waals surface area contributed by atoms with Crippen molar-refractivity contribution in [1.82, 2.24) is 15.6 Å². The van der Waals surface area contributed by atoms with Crippen molar-refractivity contribution >= 4 is 6.09 Å². The van der Waals surface area contributed by atoms with Gasteiger partial charge in [-0.15, -0.1) is 0 Å². The molecule has 0 unspecified atom stereocenters. The number of alkyl carbamates (subject to hydrolysis) is 1. The fourth-order valence-electron chi connectivity index (χ4n) is 3.31. The Balaban J connectivity index is 2.08. The molecule has 0 radical (unpaired) electrons. The first-order valence-electron chi connectivity index (χ1n) is 10.4. The third-order valence-electron chi connectivity index (χ3n) is 4.81. The molecule has 1 aromatic heterocycles. The smallest absolute Gasteiger partial charge is 0.407 e. The monoisotopic (exact) mass is 413 g/mol. The molecule has 0 bridgehead atoms. The van der Waals surface area contributed by atoms with Crippen LogP contribution in [0.4, 0.5) is 4.79 Å². The van der Waals surface area contributed by atoms with Gasteiger partial charge in [0.05, 0.1) is 12.1 Å². The molecule has 2 aromatic rings. The number of hydrogen-bond acceptors (Lipinski definition) is 5. The van der Waals surface area contributed by atoms with E-state index in [2.05, 4.69) is 40.7 Å². The first-order chi connectivity index (χ1) is 14.2. The average Bonchev–Trinajstić information content (AvgIpc) is 2.70. The van der Waals surface area contributed by atoms with Gasteiger partial charge in [0.2, 0.25) is 0 Å². The van der Waals surface area contributed by atoms with E-state index in [9.17, 15) is 4.79 Å². The summed E-state index contributed by atoms with van der Waals surface area (Å²) in [6, 6.07) is 14.2. The van der Waals surface area contributed by atoms with Gasteiger partial charge in [-0.1, -0.05) is 36.4 Å². The molecule has 0 aliphatic carbocycles. The van der Waals surface area contributed by atoms with Crippen LogP contribution in [-0.4, -0.2) is 43.5 Å². The number of nitrogens with zero attached hydrogens (tertiary/aromatic N) is 1. The number of benzene rings is 1. The summed E-state index contributed by atoms with van der Waals surface area (Å²) in [7, 11) is 1.71. The van der Waals surface area contributed by atoms with Gasteiger partial charge in [-0.25, -0.2) is 4.79 Å². The van der Waals surface area contributed by atoms with Crippen molar-refractivity contribution in [1.29, 1.82) is 0 Å². The minimum Gasteiger partial charge on any atom is -0.444 e. The zero-order valence-corrected chi connectivity index (χ0v) is 18.8. The Kier molecular flexibility index (Phi) is 8.81. The Morgan fingerprint density at radius 1 is 1.07 bits per heavy atom. The molecule has 1 amide bonds. The molecule has 2 atom stereocenters. The van der Waals surface area contributed by atoms with E-state index in [4.69, 9.17) is 9.47 Å². The third-order valence-corrected chi connectivity index (χ3v) is 4.81. The zero-order chi connectivity index (χ0) is 22.0. The summed E-state index contributed by atoms with van der Waals surface area (Å²) in [5, 5.41) is 6.58. The fourth-order valence-corrected chi connectivity index (χ4v) is 3.31. The summed E-state index contributed by atoms with van der Waals surface area (Å²) in [5.74, 6) is 0.154. The molecular weight excluding hydrogens is 378 g/mol. The van der Waals surface area contributed by atoms with Gasteiger partial charge in [-0.3, -0.25) is 4.98 Å². The van der Waals surface area contributed by atoms with Crippen LogP contribution in [-0.2, 0) is 21.4 Å². The molecule has 0 saturated heterocycles. The van der Waals surface area contributed by atoms with Crippen LogP contribution in [0, 0.1) is 5.92 Å². The molecule has 6 nitrogen and oxygen atoms in total. The van der Waals surface area contributed by atoms with Crippen molar-refractivity contribution in [2.75, 3.05) is 26.8 Å². The molecule has 1 aromatic carbocycles. The van der Waals surface area contributed by atoms with Crippen LogP contribution >= 0.6 is 0 Å². The summed E-state index contributed by atoms with van der Waals surface area (Å²) in [4.78, 5) is 16.4. The second-order valence-electron chi connectivity index (χ2n) is 8.83. The van der Waals surface area contributed by atoms with Gasteiger partial charge in [-0.2, -0.15) is 0 Å². The Hall–Kier alpha value is -2.44. The molecule has 0 aliphatic rings. The van der Waals surface area contributed by atoms with Gasteiger partial charge >= 0.3 is 6.09 Å². The SMILES string of the molecule is COC[C@@](C)(NC[C@@H](CNC(=O)OC(C)(C)C)Cc1cccnc1)c1ccccc1. The maximum Gasteiger partial charge on any atom is 0.407 e. The molecule has 30 heavy (non-hydrogen) atoms. The highest BCUT2D eigenvalue weighted by molar-refractivity contribution is 5.67. The Labute approximate surface area is 180 Å². The lowest BCUT2D eigenvalue weighted by Crippen LogP contribution is -2.47. The molecule has 164 valence electrons. The van der Waals surface area contributed by atoms with Gasteiger partial charge < -0.3 is 20.1 Å². The summed E-state index contributed by atoms with van der Waals surface area (Å²) >= 11 is 0. The molecule has 0 spiro atoms. The van der Waals surface area contributed by atoms with Crippen LogP contribution in [0.25, 0.3) is 0 Å². The summed E-state index contributed by atoms with van der Waals surface area (Å²) in [5.41, 5.74) is 1.43. The van der Waals surface area contributed by atoms with E-state index in [1.165, 1.54) is 0 Å². The fraction of sp³-hybridized carbons (Fsp3) is 0.500. The lowest BCUT2D eigenvalue weighted by atomic mass is 9.91. The van der Waals surface area contributed by atoms with Crippen LogP contribution in [0.5, 0.6) is 0 Å². The number of nitrogens with one attached hydrogen (secondary N) is 2. The van der Waals surface area contributed by atoms with E-state index in [-0.39, 0.29) is 11.5 Å². The molecule has 0 fully saturated rings. The minimum atomic E-state index is -0.522. The van der Waals surface area contributed by atoms with Crippen molar-refractivity contribution in [3.05, 3.63) is 66.0 Å². The predicted molar refractivity (Wildman–Crippen MR) is 119 cm³/mol. The summed E-state index contributed by atoms with van der Waals surface area (Å²) < 4.78 is 10.9. The number of pyridine rings is 1. The Morgan fingerprint density at radius 2 is 1.80 bits per heavy atom. The molecule has 1 heterocycles. The Morgan fingerprint density at radius 3 is 2.40 bits per heavy atom. The van der Waals surface area contributed by atoms with Gasteiger partial charge in [0.1, 0.15) is 5.60 Å². The average molecular weight is 414 g/mol. The molecule has 0 aliphatic heterocycles. The van der Waals surface area contributed by atoms with E-state index < -0.39 is 11.7 Å². The van der Waals surface area contributed by atoms with Crippen LogP contribution < -0.4 is 10.6 Å². The van der Waals surface area contributed by atoms with E-state index in [0.717, 1.165) is 17.5 Å². The number of carbonyl (C=O) groups is 1. The maximum atomic E-state index is 12.2. The standard InChI is InChI=1S/C24H35N3O3/c1-23(2,3)30-22(28)26-16-20(14-19-10-9-13-25-15-19)17-27-24(4,18-29-5)21-11-7-6-8-12-21/h6-13,15,20,27H,14,16-18H2,1-5H3,(H,26,28)/t20-,24-/m1/s1. The van der Waals surface area contributed by atoms with Crippen molar-refractivity contribution in [3.63, 3.8) is 0 Å². The number of hydrogen-bond donors (Lipinski definition) is 2. The number of methoxy groups -OCH3 is 1. The summed E-state index contributed by atoms with van der Waals surface area (Å²) in [6.45, 7) is 9.43. The van der Waals surface area contributed by atoms with E-state index >= 15 is 0 Å². The molecule has 2 rings (SSSR count). The molecule has 2 N–H and O–H groups in total.